The number of pyridine rings is 1. The van der Waals surface area contributed by atoms with Crippen LogP contribution in [0.3, 0.4) is 0 Å². The van der Waals surface area contributed by atoms with E-state index in [1.165, 1.54) is 0 Å². The van der Waals surface area contributed by atoms with Crippen molar-refractivity contribution in [2.75, 3.05) is 13.1 Å². The standard InChI is InChI=1S/C12H14N2O2/c1-9-3-2-4-11(14-9)12(15)16-10-5-7-13-8-6-10/h2-5,13H,6-8H2,1H3. The van der Waals surface area contributed by atoms with E-state index in [0.29, 0.717) is 5.69 Å². The van der Waals surface area contributed by atoms with Crippen molar-refractivity contribution >= 4 is 5.97 Å². The molecular formula is C12H14N2O2. The molecule has 0 saturated carbocycles. The van der Waals surface area contributed by atoms with Crippen molar-refractivity contribution < 1.29 is 9.53 Å². The Hall–Kier alpha value is -1.68. The number of aryl methyl sites for hydroxylation is 1. The first kappa shape index (κ1) is 10.8. The third kappa shape index (κ3) is 2.67. The Kier molecular flexibility index (Phi) is 3.31. The highest BCUT2D eigenvalue weighted by molar-refractivity contribution is 5.87. The highest BCUT2D eigenvalue weighted by Crippen LogP contribution is 2.09. The first-order valence-corrected chi connectivity index (χ1v) is 5.31. The molecule has 1 aromatic rings. The van der Waals surface area contributed by atoms with Crippen LogP contribution in [0.4, 0.5) is 0 Å². The predicted molar refractivity (Wildman–Crippen MR) is 60.0 cm³/mol. The summed E-state index contributed by atoms with van der Waals surface area (Å²) in [6.07, 6.45) is 2.63. The van der Waals surface area contributed by atoms with Gasteiger partial charge in [-0.25, -0.2) is 9.78 Å². The molecule has 84 valence electrons. The number of ether oxygens (including phenoxy) is 1. The van der Waals surface area contributed by atoms with Crippen molar-refractivity contribution in [3.05, 3.63) is 41.4 Å². The maximum Gasteiger partial charge on any atom is 0.361 e. The van der Waals surface area contributed by atoms with E-state index in [0.717, 1.165) is 31.0 Å². The fourth-order valence-electron chi connectivity index (χ4n) is 1.52. The van der Waals surface area contributed by atoms with Crippen LogP contribution < -0.4 is 5.32 Å². The lowest BCUT2D eigenvalue weighted by Crippen LogP contribution is -2.22. The second-order valence-electron chi connectivity index (χ2n) is 3.68. The van der Waals surface area contributed by atoms with Crippen LogP contribution in [0, 0.1) is 6.92 Å². The van der Waals surface area contributed by atoms with Crippen LogP contribution in [0.25, 0.3) is 0 Å². The molecule has 2 heterocycles. The Bertz CT molecular complexity index is 427. The Morgan fingerprint density at radius 1 is 1.50 bits per heavy atom. The molecule has 0 atom stereocenters. The molecule has 2 rings (SSSR count). The monoisotopic (exact) mass is 218 g/mol. The number of hydrogen-bond acceptors (Lipinski definition) is 4. The Balaban J connectivity index is 2.05. The molecule has 0 saturated heterocycles. The van der Waals surface area contributed by atoms with Gasteiger partial charge in [-0.1, -0.05) is 6.07 Å². The summed E-state index contributed by atoms with van der Waals surface area (Å²) < 4.78 is 5.25. The van der Waals surface area contributed by atoms with Crippen LogP contribution in [-0.2, 0) is 4.74 Å². The molecular weight excluding hydrogens is 204 g/mol. The minimum Gasteiger partial charge on any atom is -0.427 e. The van der Waals surface area contributed by atoms with Crippen LogP contribution in [0.2, 0.25) is 0 Å². The SMILES string of the molecule is Cc1cccc(C(=O)OC2=CCNCC2)n1. The summed E-state index contributed by atoms with van der Waals surface area (Å²) in [6, 6.07) is 5.31. The van der Waals surface area contributed by atoms with E-state index in [1.54, 1.807) is 12.1 Å². The average Bonchev–Trinajstić information content (AvgIpc) is 2.30. The van der Waals surface area contributed by atoms with Gasteiger partial charge in [-0.15, -0.1) is 0 Å². The maximum absolute atomic E-state index is 11.7. The second kappa shape index (κ2) is 4.90. The van der Waals surface area contributed by atoms with Gasteiger partial charge in [0, 0.05) is 25.2 Å². The molecule has 1 aliphatic rings. The van der Waals surface area contributed by atoms with Gasteiger partial charge in [-0.05, 0) is 25.1 Å². The van der Waals surface area contributed by atoms with Crippen LogP contribution in [0.15, 0.2) is 30.0 Å². The van der Waals surface area contributed by atoms with Gasteiger partial charge in [0.05, 0.1) is 0 Å². The second-order valence-corrected chi connectivity index (χ2v) is 3.68. The minimum atomic E-state index is -0.378. The third-order valence-electron chi connectivity index (χ3n) is 2.34. The molecule has 4 nitrogen and oxygen atoms in total. The first-order valence-electron chi connectivity index (χ1n) is 5.31. The van der Waals surface area contributed by atoms with Crippen molar-refractivity contribution in [2.24, 2.45) is 0 Å². The van der Waals surface area contributed by atoms with E-state index in [-0.39, 0.29) is 5.97 Å². The van der Waals surface area contributed by atoms with Crippen molar-refractivity contribution in [3.8, 4) is 0 Å². The maximum atomic E-state index is 11.7. The molecule has 0 unspecified atom stereocenters. The molecule has 1 N–H and O–H groups in total. The van der Waals surface area contributed by atoms with Crippen molar-refractivity contribution in [1.82, 2.24) is 10.3 Å². The number of rotatable bonds is 2. The molecule has 0 aliphatic carbocycles. The van der Waals surface area contributed by atoms with E-state index >= 15 is 0 Å². The van der Waals surface area contributed by atoms with Gasteiger partial charge in [-0.3, -0.25) is 0 Å². The summed E-state index contributed by atoms with van der Waals surface area (Å²) in [5.41, 5.74) is 1.17. The summed E-state index contributed by atoms with van der Waals surface area (Å²) in [5, 5.41) is 3.15. The number of nitrogens with one attached hydrogen (secondary N) is 1. The summed E-state index contributed by atoms with van der Waals surface area (Å²) >= 11 is 0. The van der Waals surface area contributed by atoms with Gasteiger partial charge >= 0.3 is 5.97 Å². The zero-order chi connectivity index (χ0) is 11.4. The number of carbonyl (C=O) groups is 1. The topological polar surface area (TPSA) is 51.2 Å². The average molecular weight is 218 g/mol. The lowest BCUT2D eigenvalue weighted by Gasteiger charge is -2.13. The van der Waals surface area contributed by atoms with Gasteiger partial charge in [0.25, 0.3) is 0 Å². The molecule has 4 heteroatoms. The summed E-state index contributed by atoms with van der Waals surface area (Å²) in [4.78, 5) is 15.8. The molecule has 0 fully saturated rings. The van der Waals surface area contributed by atoms with Crippen molar-refractivity contribution in [1.29, 1.82) is 0 Å². The number of esters is 1. The Morgan fingerprint density at radius 3 is 3.06 bits per heavy atom. The van der Waals surface area contributed by atoms with E-state index in [2.05, 4.69) is 10.3 Å². The van der Waals surface area contributed by atoms with E-state index in [9.17, 15) is 4.79 Å². The molecule has 1 aliphatic heterocycles. The van der Waals surface area contributed by atoms with Gasteiger partial charge in [0.15, 0.2) is 0 Å². The highest BCUT2D eigenvalue weighted by Gasteiger charge is 2.13. The molecule has 16 heavy (non-hydrogen) atoms. The molecule has 0 bridgehead atoms. The van der Waals surface area contributed by atoms with Crippen LogP contribution >= 0.6 is 0 Å². The summed E-state index contributed by atoms with van der Waals surface area (Å²) in [6.45, 7) is 3.45. The lowest BCUT2D eigenvalue weighted by atomic mass is 10.2. The quantitative estimate of drug-likeness (QED) is 0.763. The van der Waals surface area contributed by atoms with Crippen molar-refractivity contribution in [2.45, 2.75) is 13.3 Å². The summed E-state index contributed by atoms with van der Waals surface area (Å²) in [7, 11) is 0. The fraction of sp³-hybridized carbons (Fsp3) is 0.333. The largest absolute Gasteiger partial charge is 0.427 e. The van der Waals surface area contributed by atoms with Crippen LogP contribution in [-0.4, -0.2) is 24.0 Å². The number of nitrogens with zero attached hydrogens (tertiary/aromatic N) is 1. The lowest BCUT2D eigenvalue weighted by molar-refractivity contribution is 0.0603. The number of aromatic nitrogens is 1. The smallest absolute Gasteiger partial charge is 0.361 e. The highest BCUT2D eigenvalue weighted by atomic mass is 16.5. The molecule has 0 amide bonds. The molecule has 0 radical (unpaired) electrons. The summed E-state index contributed by atoms with van der Waals surface area (Å²) in [5.74, 6) is 0.351. The van der Waals surface area contributed by atoms with Gasteiger partial charge in [0.1, 0.15) is 11.5 Å². The first-order chi connectivity index (χ1) is 7.75. The molecule has 1 aromatic heterocycles. The van der Waals surface area contributed by atoms with Crippen LogP contribution in [0.1, 0.15) is 22.6 Å². The third-order valence-corrected chi connectivity index (χ3v) is 2.34. The van der Waals surface area contributed by atoms with Gasteiger partial charge in [0.2, 0.25) is 0 Å². The molecule has 0 spiro atoms. The predicted octanol–water partition coefficient (Wildman–Crippen LogP) is 1.42. The fourth-order valence-corrected chi connectivity index (χ4v) is 1.52. The number of hydrogen-bond donors (Lipinski definition) is 1. The van der Waals surface area contributed by atoms with E-state index in [4.69, 9.17) is 4.74 Å². The van der Waals surface area contributed by atoms with Gasteiger partial charge < -0.3 is 10.1 Å². The Labute approximate surface area is 94.3 Å². The van der Waals surface area contributed by atoms with Crippen molar-refractivity contribution in [3.63, 3.8) is 0 Å². The van der Waals surface area contributed by atoms with Crippen LogP contribution in [0.5, 0.6) is 0 Å². The zero-order valence-corrected chi connectivity index (χ0v) is 9.19. The van der Waals surface area contributed by atoms with E-state index < -0.39 is 0 Å². The zero-order valence-electron chi connectivity index (χ0n) is 9.19. The minimum absolute atomic E-state index is 0.361. The van der Waals surface area contributed by atoms with E-state index in [1.807, 2.05) is 19.1 Å². The molecule has 0 aromatic carbocycles. The Morgan fingerprint density at radius 2 is 2.38 bits per heavy atom. The normalized spacial score (nSPS) is 15.4. The van der Waals surface area contributed by atoms with Gasteiger partial charge in [-0.2, -0.15) is 0 Å². The number of carbonyl (C=O) groups excluding carboxylic acids is 1.